The number of pyridine rings is 2. The maximum Gasteiger partial charge on any atom is 0.224 e. The number of hydrogen-bond donors (Lipinski definition) is 1. The lowest BCUT2D eigenvalue weighted by atomic mass is 10.2. The third kappa shape index (κ3) is 3.92. The molecule has 0 saturated heterocycles. The van der Waals surface area contributed by atoms with E-state index in [-0.39, 0.29) is 18.2 Å². The lowest BCUT2D eigenvalue weighted by Crippen LogP contribution is -2.06. The second-order valence-electron chi connectivity index (χ2n) is 5.46. The van der Waals surface area contributed by atoms with Gasteiger partial charge in [0.05, 0.1) is 5.56 Å². The summed E-state index contributed by atoms with van der Waals surface area (Å²) >= 11 is 0. The Kier molecular flexibility index (Phi) is 5.04. The number of aryl methyl sites for hydroxylation is 1. The zero-order valence-corrected chi connectivity index (χ0v) is 13.8. The topological polar surface area (TPSA) is 70.8 Å². The van der Waals surface area contributed by atoms with Crippen LogP contribution in [-0.2, 0) is 6.54 Å². The van der Waals surface area contributed by atoms with Gasteiger partial charge in [0.25, 0.3) is 0 Å². The van der Waals surface area contributed by atoms with Crippen molar-refractivity contribution in [2.75, 3.05) is 5.32 Å². The summed E-state index contributed by atoms with van der Waals surface area (Å²) in [5.74, 6) is -1.11. The molecule has 0 aliphatic carbocycles. The summed E-state index contributed by atoms with van der Waals surface area (Å²) in [7, 11) is 0. The Morgan fingerprint density at radius 2 is 2.00 bits per heavy atom. The molecule has 2 heterocycles. The summed E-state index contributed by atoms with van der Waals surface area (Å²) in [6.07, 6.45) is 1.53. The monoisotopic (exact) mass is 352 g/mol. The van der Waals surface area contributed by atoms with Gasteiger partial charge in [-0.3, -0.25) is 0 Å². The molecule has 2 aromatic heterocycles. The first-order valence-corrected chi connectivity index (χ1v) is 7.75. The van der Waals surface area contributed by atoms with Gasteiger partial charge in [-0.25, -0.2) is 18.7 Å². The number of nitrogens with zero attached hydrogens (tertiary/aromatic N) is 3. The number of aromatic nitrogens is 2. The van der Waals surface area contributed by atoms with E-state index >= 15 is 0 Å². The number of benzene rings is 1. The Balaban J connectivity index is 1.80. The van der Waals surface area contributed by atoms with E-state index in [1.165, 1.54) is 12.3 Å². The van der Waals surface area contributed by atoms with Crippen LogP contribution in [0.4, 0.5) is 14.6 Å². The van der Waals surface area contributed by atoms with Crippen LogP contribution in [0.2, 0.25) is 0 Å². The van der Waals surface area contributed by atoms with Crippen molar-refractivity contribution < 1.29 is 13.5 Å². The lowest BCUT2D eigenvalue weighted by Gasteiger charge is -2.12. The van der Waals surface area contributed by atoms with Gasteiger partial charge in [-0.15, -0.1) is 0 Å². The number of nitriles is 1. The van der Waals surface area contributed by atoms with Crippen LogP contribution in [0.5, 0.6) is 11.6 Å². The Morgan fingerprint density at radius 3 is 2.77 bits per heavy atom. The minimum Gasteiger partial charge on any atom is -0.439 e. The summed E-state index contributed by atoms with van der Waals surface area (Å²) in [6.45, 7) is 2.12. The van der Waals surface area contributed by atoms with Crippen LogP contribution >= 0.6 is 0 Å². The highest BCUT2D eigenvalue weighted by Gasteiger charge is 2.10. The molecule has 0 amide bonds. The fraction of sp³-hybridized carbons (Fsp3) is 0.105. The van der Waals surface area contributed by atoms with Gasteiger partial charge in [0.1, 0.15) is 17.6 Å². The summed E-state index contributed by atoms with van der Waals surface area (Å²) in [6, 6.07) is 12.3. The number of ether oxygens (including phenoxy) is 1. The molecule has 3 rings (SSSR count). The Hall–Kier alpha value is -3.53. The Bertz CT molecular complexity index is 986. The molecule has 0 aliphatic rings. The lowest BCUT2D eigenvalue weighted by molar-refractivity contribution is 0.443. The molecular formula is C19H14F2N4O. The van der Waals surface area contributed by atoms with Crippen LogP contribution in [0.3, 0.4) is 0 Å². The first-order valence-electron chi connectivity index (χ1n) is 7.75. The third-order valence-electron chi connectivity index (χ3n) is 3.56. The molecule has 3 aromatic rings. The van der Waals surface area contributed by atoms with E-state index in [2.05, 4.69) is 21.4 Å². The molecule has 26 heavy (non-hydrogen) atoms. The summed E-state index contributed by atoms with van der Waals surface area (Å²) < 4.78 is 32.0. The predicted molar refractivity (Wildman–Crippen MR) is 91.7 cm³/mol. The standard InChI is InChI=1S/C19H14F2N4O/c1-12-4-5-13(10-22)18(25-12)24-11-14-3-2-8-23-19(14)26-15-6-7-16(20)17(21)9-15/h2-9H,11H2,1H3,(H,24,25). The van der Waals surface area contributed by atoms with Crippen LogP contribution in [0, 0.1) is 29.9 Å². The van der Waals surface area contributed by atoms with E-state index in [1.54, 1.807) is 24.3 Å². The maximum atomic E-state index is 13.3. The van der Waals surface area contributed by atoms with E-state index in [0.29, 0.717) is 16.9 Å². The quantitative estimate of drug-likeness (QED) is 0.740. The highest BCUT2D eigenvalue weighted by atomic mass is 19.2. The molecule has 0 unspecified atom stereocenters. The highest BCUT2D eigenvalue weighted by Crippen LogP contribution is 2.25. The summed E-state index contributed by atoms with van der Waals surface area (Å²) in [5, 5.41) is 12.3. The van der Waals surface area contributed by atoms with Crippen LogP contribution in [-0.4, -0.2) is 9.97 Å². The number of halogens is 2. The van der Waals surface area contributed by atoms with Crippen molar-refractivity contribution in [1.82, 2.24) is 9.97 Å². The molecule has 1 aromatic carbocycles. The minimum atomic E-state index is -0.999. The van der Waals surface area contributed by atoms with E-state index in [0.717, 1.165) is 17.8 Å². The van der Waals surface area contributed by atoms with Crippen molar-refractivity contribution in [3.05, 3.63) is 77.1 Å². The SMILES string of the molecule is Cc1ccc(C#N)c(NCc2cccnc2Oc2ccc(F)c(F)c2)n1. The average Bonchev–Trinajstić information content (AvgIpc) is 2.64. The first-order chi connectivity index (χ1) is 12.6. The third-order valence-corrected chi connectivity index (χ3v) is 3.56. The molecule has 0 fully saturated rings. The van der Waals surface area contributed by atoms with Gasteiger partial charge in [0.2, 0.25) is 5.88 Å². The second-order valence-corrected chi connectivity index (χ2v) is 5.46. The zero-order valence-electron chi connectivity index (χ0n) is 13.8. The molecule has 0 aliphatic heterocycles. The molecule has 0 spiro atoms. The van der Waals surface area contributed by atoms with Gasteiger partial charge >= 0.3 is 0 Å². The molecule has 0 saturated carbocycles. The van der Waals surface area contributed by atoms with Crippen molar-refractivity contribution in [2.24, 2.45) is 0 Å². The average molecular weight is 352 g/mol. The number of rotatable bonds is 5. The van der Waals surface area contributed by atoms with Crippen molar-refractivity contribution in [3.63, 3.8) is 0 Å². The first kappa shape index (κ1) is 17.3. The molecular weight excluding hydrogens is 338 g/mol. The highest BCUT2D eigenvalue weighted by molar-refractivity contribution is 5.52. The van der Waals surface area contributed by atoms with Gasteiger partial charge in [0, 0.05) is 30.1 Å². The minimum absolute atomic E-state index is 0.134. The van der Waals surface area contributed by atoms with E-state index < -0.39 is 11.6 Å². The van der Waals surface area contributed by atoms with Gasteiger partial charge in [-0.1, -0.05) is 6.07 Å². The van der Waals surface area contributed by atoms with Gasteiger partial charge in [-0.2, -0.15) is 5.26 Å². The van der Waals surface area contributed by atoms with Crippen LogP contribution in [0.15, 0.2) is 48.7 Å². The normalized spacial score (nSPS) is 10.2. The van der Waals surface area contributed by atoms with Gasteiger partial charge in [0.15, 0.2) is 11.6 Å². The van der Waals surface area contributed by atoms with E-state index in [4.69, 9.17) is 4.74 Å². The van der Waals surface area contributed by atoms with Crippen LogP contribution < -0.4 is 10.1 Å². The molecule has 1 N–H and O–H groups in total. The zero-order chi connectivity index (χ0) is 18.5. The van der Waals surface area contributed by atoms with Gasteiger partial charge < -0.3 is 10.1 Å². The number of hydrogen-bond acceptors (Lipinski definition) is 5. The van der Waals surface area contributed by atoms with Crippen LogP contribution in [0.1, 0.15) is 16.8 Å². The number of anilines is 1. The van der Waals surface area contributed by atoms with Gasteiger partial charge in [-0.05, 0) is 37.3 Å². The fourth-order valence-corrected chi connectivity index (χ4v) is 2.26. The van der Waals surface area contributed by atoms with E-state index in [1.807, 2.05) is 6.92 Å². The van der Waals surface area contributed by atoms with Crippen molar-refractivity contribution >= 4 is 5.82 Å². The molecule has 130 valence electrons. The Labute approximate surface area is 148 Å². The summed E-state index contributed by atoms with van der Waals surface area (Å²) in [4.78, 5) is 8.44. The van der Waals surface area contributed by atoms with Crippen molar-refractivity contribution in [1.29, 1.82) is 5.26 Å². The molecule has 0 bridgehead atoms. The smallest absolute Gasteiger partial charge is 0.224 e. The summed E-state index contributed by atoms with van der Waals surface area (Å²) in [5.41, 5.74) is 1.86. The molecule has 0 radical (unpaired) electrons. The molecule has 0 atom stereocenters. The van der Waals surface area contributed by atoms with Crippen molar-refractivity contribution in [3.8, 4) is 17.7 Å². The van der Waals surface area contributed by atoms with Crippen molar-refractivity contribution in [2.45, 2.75) is 13.5 Å². The van der Waals surface area contributed by atoms with Crippen LogP contribution in [0.25, 0.3) is 0 Å². The molecule has 5 nitrogen and oxygen atoms in total. The molecule has 7 heteroatoms. The number of nitrogens with one attached hydrogen (secondary N) is 1. The maximum absolute atomic E-state index is 13.3. The predicted octanol–water partition coefficient (Wildman–Crippen LogP) is 4.34. The fourth-order valence-electron chi connectivity index (χ4n) is 2.26. The second kappa shape index (κ2) is 7.57. The van der Waals surface area contributed by atoms with E-state index in [9.17, 15) is 14.0 Å². The Morgan fingerprint density at radius 1 is 1.15 bits per heavy atom. The largest absolute Gasteiger partial charge is 0.439 e.